The molecule has 1 saturated heterocycles. The van der Waals surface area contributed by atoms with Crippen LogP contribution in [-0.4, -0.2) is 34.7 Å². The lowest BCUT2D eigenvalue weighted by Crippen LogP contribution is -2.54. The van der Waals surface area contributed by atoms with Gasteiger partial charge in [-0.1, -0.05) is 6.92 Å². The predicted molar refractivity (Wildman–Crippen MR) is 78.3 cm³/mol. The molecule has 1 spiro atoms. The fourth-order valence-corrected chi connectivity index (χ4v) is 3.95. The first-order valence-corrected chi connectivity index (χ1v) is 7.25. The predicted octanol–water partition coefficient (Wildman–Crippen LogP) is 1.40. The highest BCUT2D eigenvalue weighted by Gasteiger charge is 2.53. The number of piperidine rings is 1. The highest BCUT2D eigenvalue weighted by Crippen LogP contribution is 2.53. The van der Waals surface area contributed by atoms with Crippen molar-refractivity contribution in [1.29, 1.82) is 5.26 Å². The number of nitriles is 1. The van der Waals surface area contributed by atoms with Crippen LogP contribution in [0.5, 0.6) is 5.88 Å². The number of nitrogens with one attached hydrogen (secondary N) is 1. The number of likely N-dealkylation sites (tertiary alicyclic amines) is 1. The van der Waals surface area contributed by atoms with Gasteiger partial charge in [0.25, 0.3) is 0 Å². The lowest BCUT2D eigenvalue weighted by atomic mass is 9.60. The molecule has 1 fully saturated rings. The molecule has 0 radical (unpaired) electrons. The number of fused-ring (bicyclic) bond motifs is 2. The minimum absolute atomic E-state index is 0.195. The van der Waals surface area contributed by atoms with Crippen molar-refractivity contribution in [2.75, 3.05) is 13.6 Å². The fraction of sp³-hybridized carbons (Fsp3) is 0.600. The summed E-state index contributed by atoms with van der Waals surface area (Å²) < 4.78 is 5.57. The Morgan fingerprint density at radius 1 is 1.52 bits per heavy atom. The van der Waals surface area contributed by atoms with Gasteiger partial charge in [-0.05, 0) is 33.2 Å². The van der Waals surface area contributed by atoms with Crippen molar-refractivity contribution in [1.82, 2.24) is 15.1 Å². The third-order valence-corrected chi connectivity index (χ3v) is 5.14. The lowest BCUT2D eigenvalue weighted by Gasteiger charge is -2.50. The average Bonchev–Trinajstić information content (AvgIpc) is 2.78. The second-order valence-corrected chi connectivity index (χ2v) is 6.35. The number of aromatic amines is 1. The van der Waals surface area contributed by atoms with Crippen LogP contribution in [0.15, 0.2) is 11.5 Å². The Kier molecular flexibility index (Phi) is 2.99. The van der Waals surface area contributed by atoms with Crippen LogP contribution in [0, 0.1) is 24.2 Å². The number of H-pyrrole nitrogens is 1. The third kappa shape index (κ3) is 1.70. The first kappa shape index (κ1) is 14.0. The summed E-state index contributed by atoms with van der Waals surface area (Å²) in [4.78, 5) is 2.33. The van der Waals surface area contributed by atoms with E-state index >= 15 is 0 Å². The second kappa shape index (κ2) is 4.50. The van der Waals surface area contributed by atoms with E-state index in [9.17, 15) is 5.26 Å². The molecule has 3 rings (SSSR count). The zero-order valence-electron chi connectivity index (χ0n) is 12.9. The van der Waals surface area contributed by atoms with Gasteiger partial charge in [0.2, 0.25) is 11.8 Å². The van der Waals surface area contributed by atoms with Crippen molar-refractivity contribution in [3.8, 4) is 11.9 Å². The highest BCUT2D eigenvalue weighted by atomic mass is 16.5. The summed E-state index contributed by atoms with van der Waals surface area (Å²) in [5, 5.41) is 16.9. The first-order chi connectivity index (χ1) is 9.91. The van der Waals surface area contributed by atoms with E-state index in [1.807, 2.05) is 6.92 Å². The van der Waals surface area contributed by atoms with E-state index in [2.05, 4.69) is 42.1 Å². The Bertz CT molecular complexity index is 656. The van der Waals surface area contributed by atoms with E-state index in [0.29, 0.717) is 17.5 Å². The third-order valence-electron chi connectivity index (χ3n) is 5.14. The van der Waals surface area contributed by atoms with E-state index in [-0.39, 0.29) is 11.8 Å². The molecule has 2 aliphatic heterocycles. The molecule has 3 heterocycles. The summed E-state index contributed by atoms with van der Waals surface area (Å²) in [6.07, 6.45) is 0.838. The van der Waals surface area contributed by atoms with Crippen molar-refractivity contribution in [2.24, 2.45) is 11.7 Å². The standard InChI is InChI=1S/C15H21N5O/c1-8-7-20(4)9(2)5-15(8)11(6-16)13(17)21-14-12(15)10(3)18-19-14/h8-9H,5,7,17H2,1-4H3,(H,18,19)/t8-,9-,15-/m1/s1. The zero-order chi connectivity index (χ0) is 15.4. The molecule has 1 aromatic rings. The summed E-state index contributed by atoms with van der Waals surface area (Å²) in [5.74, 6) is 0.971. The van der Waals surface area contributed by atoms with Gasteiger partial charge in [-0.25, -0.2) is 0 Å². The van der Waals surface area contributed by atoms with Crippen molar-refractivity contribution < 1.29 is 4.74 Å². The quantitative estimate of drug-likeness (QED) is 0.752. The van der Waals surface area contributed by atoms with E-state index in [1.165, 1.54) is 0 Å². The van der Waals surface area contributed by atoms with Gasteiger partial charge < -0.3 is 15.4 Å². The fourth-order valence-electron chi connectivity index (χ4n) is 3.95. The number of rotatable bonds is 0. The number of nitrogens with two attached hydrogens (primary N) is 1. The Morgan fingerprint density at radius 3 is 2.90 bits per heavy atom. The van der Waals surface area contributed by atoms with Crippen LogP contribution in [0.1, 0.15) is 31.5 Å². The molecule has 0 amide bonds. The van der Waals surface area contributed by atoms with Crippen LogP contribution < -0.4 is 10.5 Å². The van der Waals surface area contributed by atoms with Crippen molar-refractivity contribution in [3.63, 3.8) is 0 Å². The van der Waals surface area contributed by atoms with Crippen LogP contribution in [-0.2, 0) is 5.41 Å². The van der Waals surface area contributed by atoms with E-state index < -0.39 is 5.41 Å². The molecule has 2 aliphatic rings. The number of aryl methyl sites for hydroxylation is 1. The summed E-state index contributed by atoms with van der Waals surface area (Å²) >= 11 is 0. The molecule has 3 atom stereocenters. The van der Waals surface area contributed by atoms with Crippen molar-refractivity contribution >= 4 is 0 Å². The molecule has 0 aromatic carbocycles. The molecule has 6 nitrogen and oxygen atoms in total. The maximum atomic E-state index is 9.69. The molecule has 0 saturated carbocycles. The zero-order valence-corrected chi connectivity index (χ0v) is 12.9. The van der Waals surface area contributed by atoms with E-state index in [1.54, 1.807) is 0 Å². The summed E-state index contributed by atoms with van der Waals surface area (Å²) in [6.45, 7) is 7.24. The number of hydrogen-bond donors (Lipinski definition) is 2. The molecule has 0 aliphatic carbocycles. The Labute approximate surface area is 124 Å². The smallest absolute Gasteiger partial charge is 0.244 e. The van der Waals surface area contributed by atoms with Gasteiger partial charge in [0.15, 0.2) is 0 Å². The van der Waals surface area contributed by atoms with Crippen LogP contribution in [0.25, 0.3) is 0 Å². The number of nitrogens with zero attached hydrogens (tertiary/aromatic N) is 3. The Morgan fingerprint density at radius 2 is 2.24 bits per heavy atom. The van der Waals surface area contributed by atoms with Gasteiger partial charge in [0, 0.05) is 29.3 Å². The van der Waals surface area contributed by atoms with Gasteiger partial charge >= 0.3 is 0 Å². The summed E-state index contributed by atoms with van der Waals surface area (Å²) in [7, 11) is 2.12. The molecular weight excluding hydrogens is 266 g/mol. The Hall–Kier alpha value is -2.00. The molecule has 3 N–H and O–H groups in total. The maximum Gasteiger partial charge on any atom is 0.244 e. The van der Waals surface area contributed by atoms with Gasteiger partial charge in [0.1, 0.15) is 11.6 Å². The SMILES string of the molecule is Cc1[nH]nc2c1[C@@]1(C[C@@H](C)N(C)C[C@H]1C)C(C#N)=C(N)O2. The van der Waals surface area contributed by atoms with Crippen LogP contribution in [0.4, 0.5) is 0 Å². The van der Waals surface area contributed by atoms with Crippen LogP contribution in [0.2, 0.25) is 0 Å². The van der Waals surface area contributed by atoms with Crippen molar-refractivity contribution in [2.45, 2.75) is 38.6 Å². The van der Waals surface area contributed by atoms with E-state index in [4.69, 9.17) is 10.5 Å². The van der Waals surface area contributed by atoms with Crippen LogP contribution in [0.3, 0.4) is 0 Å². The maximum absolute atomic E-state index is 9.69. The summed E-state index contributed by atoms with van der Waals surface area (Å²) in [6, 6.07) is 2.67. The Balaban J connectivity index is 2.26. The largest absolute Gasteiger partial charge is 0.420 e. The number of hydrogen-bond acceptors (Lipinski definition) is 5. The topological polar surface area (TPSA) is 91.0 Å². The molecule has 1 aromatic heterocycles. The molecule has 0 bridgehead atoms. The van der Waals surface area contributed by atoms with Gasteiger partial charge in [-0.15, -0.1) is 5.10 Å². The molecule has 6 heteroatoms. The second-order valence-electron chi connectivity index (χ2n) is 6.35. The van der Waals surface area contributed by atoms with Crippen LogP contribution >= 0.6 is 0 Å². The van der Waals surface area contributed by atoms with Crippen molar-refractivity contribution in [3.05, 3.63) is 22.7 Å². The van der Waals surface area contributed by atoms with Gasteiger partial charge in [0.05, 0.1) is 0 Å². The summed E-state index contributed by atoms with van der Waals surface area (Å²) in [5.41, 5.74) is 8.12. The number of aromatic nitrogens is 2. The monoisotopic (exact) mass is 287 g/mol. The number of allylic oxidation sites excluding steroid dienone is 1. The molecular formula is C15H21N5O. The normalized spacial score (nSPS) is 32.7. The average molecular weight is 287 g/mol. The first-order valence-electron chi connectivity index (χ1n) is 7.25. The number of ether oxygens (including phenoxy) is 1. The van der Waals surface area contributed by atoms with E-state index in [0.717, 1.165) is 24.2 Å². The molecule has 112 valence electrons. The molecule has 0 unspecified atom stereocenters. The minimum Gasteiger partial charge on any atom is -0.420 e. The van der Waals surface area contributed by atoms with Gasteiger partial charge in [-0.3, -0.25) is 5.10 Å². The highest BCUT2D eigenvalue weighted by molar-refractivity contribution is 5.55. The lowest BCUT2D eigenvalue weighted by molar-refractivity contribution is 0.0888. The van der Waals surface area contributed by atoms with Gasteiger partial charge in [-0.2, -0.15) is 5.26 Å². The minimum atomic E-state index is -0.407. The molecule has 21 heavy (non-hydrogen) atoms.